The molecule has 1 saturated carbocycles. The zero-order chi connectivity index (χ0) is 19.7. The maximum atomic E-state index is 12.8. The quantitative estimate of drug-likeness (QED) is 0.726. The lowest BCUT2D eigenvalue weighted by Crippen LogP contribution is -2.30. The minimum absolute atomic E-state index is 0.145. The van der Waals surface area contributed by atoms with Crippen molar-refractivity contribution in [1.29, 1.82) is 0 Å². The van der Waals surface area contributed by atoms with Crippen molar-refractivity contribution in [2.75, 3.05) is 22.8 Å². The van der Waals surface area contributed by atoms with E-state index in [4.69, 9.17) is 4.74 Å². The van der Waals surface area contributed by atoms with Gasteiger partial charge in [-0.05, 0) is 55.2 Å². The number of hydrogen-bond acceptors (Lipinski definition) is 4. The molecule has 4 rings (SSSR count). The van der Waals surface area contributed by atoms with Gasteiger partial charge in [0.15, 0.2) is 0 Å². The van der Waals surface area contributed by atoms with Gasteiger partial charge in [0, 0.05) is 24.2 Å². The molecule has 6 nitrogen and oxygen atoms in total. The van der Waals surface area contributed by atoms with Gasteiger partial charge in [-0.1, -0.05) is 18.7 Å². The molecule has 2 aliphatic rings. The fraction of sp³-hybridized carbons (Fsp3) is 0.286. The van der Waals surface area contributed by atoms with E-state index in [1.54, 1.807) is 53.4 Å². The van der Waals surface area contributed by atoms with Crippen molar-refractivity contribution in [1.82, 2.24) is 0 Å². The second kappa shape index (κ2) is 7.31. The van der Waals surface area contributed by atoms with Crippen molar-refractivity contribution < 1.29 is 17.9 Å². The van der Waals surface area contributed by atoms with Gasteiger partial charge in [-0.3, -0.25) is 9.52 Å². The third-order valence-electron chi connectivity index (χ3n) is 4.90. The van der Waals surface area contributed by atoms with Gasteiger partial charge in [0.2, 0.25) is 5.91 Å². The number of nitrogens with zero attached hydrogens (tertiary/aromatic N) is 1. The number of carbonyl (C=O) groups is 1. The van der Waals surface area contributed by atoms with Gasteiger partial charge >= 0.3 is 0 Å². The fourth-order valence-corrected chi connectivity index (χ4v) is 4.44. The third kappa shape index (κ3) is 3.75. The zero-order valence-electron chi connectivity index (χ0n) is 15.4. The number of nitrogens with one attached hydrogen (secondary N) is 1. The number of amides is 1. The summed E-state index contributed by atoms with van der Waals surface area (Å²) in [5.41, 5.74) is 2.14. The van der Waals surface area contributed by atoms with Gasteiger partial charge in [0.05, 0.1) is 10.6 Å². The van der Waals surface area contributed by atoms with Crippen LogP contribution in [0.25, 0.3) is 0 Å². The first-order valence-corrected chi connectivity index (χ1v) is 10.8. The summed E-state index contributed by atoms with van der Waals surface area (Å²) in [4.78, 5) is 14.4. The Labute approximate surface area is 164 Å². The average Bonchev–Trinajstić information content (AvgIpc) is 3.44. The average molecular weight is 398 g/mol. The number of sulfonamides is 1. The van der Waals surface area contributed by atoms with Crippen LogP contribution in [-0.2, 0) is 21.2 Å². The number of rotatable bonds is 7. The predicted octanol–water partition coefficient (Wildman–Crippen LogP) is 3.35. The van der Waals surface area contributed by atoms with Crippen LogP contribution in [0.1, 0.15) is 18.4 Å². The summed E-state index contributed by atoms with van der Waals surface area (Å²) in [7, 11) is -3.74. The van der Waals surface area contributed by atoms with Gasteiger partial charge in [-0.15, -0.1) is 0 Å². The van der Waals surface area contributed by atoms with Crippen LogP contribution in [0, 0.1) is 5.92 Å². The van der Waals surface area contributed by atoms with E-state index in [1.165, 1.54) is 0 Å². The van der Waals surface area contributed by atoms with E-state index in [0.717, 1.165) is 24.1 Å². The number of anilines is 2. The van der Waals surface area contributed by atoms with Crippen LogP contribution in [0.2, 0.25) is 0 Å². The molecular weight excluding hydrogens is 376 g/mol. The van der Waals surface area contributed by atoms with Gasteiger partial charge in [-0.25, -0.2) is 8.42 Å². The molecule has 0 spiro atoms. The van der Waals surface area contributed by atoms with E-state index < -0.39 is 10.0 Å². The molecule has 0 aromatic heterocycles. The molecule has 2 aromatic carbocycles. The molecule has 0 radical (unpaired) electrons. The summed E-state index contributed by atoms with van der Waals surface area (Å²) >= 11 is 0. The standard InChI is InChI=1S/C21H22N2O4S/c1-2-12-27-18-5-3-4-17(14-18)22-28(25,26)19-8-9-20-16(13-19)10-11-23(20)21(24)15-6-7-15/h2-5,8-9,13-15,22H,1,6-7,10-12H2. The second-order valence-electron chi connectivity index (χ2n) is 7.04. The van der Waals surface area contributed by atoms with E-state index >= 15 is 0 Å². The molecule has 0 unspecified atom stereocenters. The van der Waals surface area contributed by atoms with Crippen molar-refractivity contribution in [2.45, 2.75) is 24.2 Å². The fourth-order valence-electron chi connectivity index (χ4n) is 3.34. The Bertz CT molecular complexity index is 1030. The lowest BCUT2D eigenvalue weighted by Gasteiger charge is -2.17. The van der Waals surface area contributed by atoms with E-state index in [-0.39, 0.29) is 16.7 Å². The maximum absolute atomic E-state index is 12.8. The van der Waals surface area contributed by atoms with Crippen LogP contribution in [0.5, 0.6) is 5.75 Å². The van der Waals surface area contributed by atoms with E-state index in [9.17, 15) is 13.2 Å². The van der Waals surface area contributed by atoms with E-state index in [1.807, 2.05) is 0 Å². The lowest BCUT2D eigenvalue weighted by atomic mass is 10.2. The highest BCUT2D eigenvalue weighted by atomic mass is 32.2. The molecule has 2 aromatic rings. The normalized spacial score (nSPS) is 15.8. The van der Waals surface area contributed by atoms with Gasteiger partial charge < -0.3 is 9.64 Å². The summed E-state index contributed by atoms with van der Waals surface area (Å²) in [6.07, 6.45) is 4.20. The predicted molar refractivity (Wildman–Crippen MR) is 108 cm³/mol. The monoisotopic (exact) mass is 398 g/mol. The molecule has 7 heteroatoms. The SMILES string of the molecule is C=CCOc1cccc(NS(=O)(=O)c2ccc3c(c2)CCN3C(=O)C2CC2)c1. The topological polar surface area (TPSA) is 75.7 Å². The number of carbonyl (C=O) groups excluding carboxylic acids is 1. The maximum Gasteiger partial charge on any atom is 0.261 e. The Morgan fingerprint density at radius 3 is 2.82 bits per heavy atom. The smallest absolute Gasteiger partial charge is 0.261 e. The highest BCUT2D eigenvalue weighted by Crippen LogP contribution is 2.37. The molecule has 1 fully saturated rings. The minimum atomic E-state index is -3.74. The Morgan fingerprint density at radius 1 is 1.25 bits per heavy atom. The summed E-state index contributed by atoms with van der Waals surface area (Å²) in [6.45, 7) is 4.55. The van der Waals surface area contributed by atoms with Crippen LogP contribution in [0.15, 0.2) is 60.0 Å². The summed E-state index contributed by atoms with van der Waals surface area (Å²) in [5, 5.41) is 0. The molecule has 0 atom stereocenters. The van der Waals surface area contributed by atoms with Gasteiger partial charge in [0.25, 0.3) is 10.0 Å². The number of hydrogen-bond donors (Lipinski definition) is 1. The highest BCUT2D eigenvalue weighted by molar-refractivity contribution is 7.92. The van der Waals surface area contributed by atoms with Gasteiger partial charge in [-0.2, -0.15) is 0 Å². The van der Waals surface area contributed by atoms with Crippen LogP contribution in [0.4, 0.5) is 11.4 Å². The highest BCUT2D eigenvalue weighted by Gasteiger charge is 2.36. The summed E-state index contributed by atoms with van der Waals surface area (Å²) in [5.74, 6) is 0.860. The molecule has 0 saturated heterocycles. The van der Waals surface area contributed by atoms with Crippen LogP contribution < -0.4 is 14.4 Å². The lowest BCUT2D eigenvalue weighted by molar-refractivity contribution is -0.119. The van der Waals surface area contributed by atoms with Crippen LogP contribution >= 0.6 is 0 Å². The third-order valence-corrected chi connectivity index (χ3v) is 6.28. The number of fused-ring (bicyclic) bond motifs is 1. The van der Waals surface area contributed by atoms with Crippen molar-refractivity contribution >= 4 is 27.3 Å². The number of benzene rings is 2. The first-order valence-electron chi connectivity index (χ1n) is 9.29. The summed E-state index contributed by atoms with van der Waals surface area (Å²) < 4.78 is 33.7. The van der Waals surface area contributed by atoms with Crippen LogP contribution in [0.3, 0.4) is 0 Å². The molecule has 1 N–H and O–H groups in total. The van der Waals surface area contributed by atoms with E-state index in [2.05, 4.69) is 11.3 Å². The molecular formula is C21H22N2O4S. The minimum Gasteiger partial charge on any atom is -0.489 e. The molecule has 1 amide bonds. The van der Waals surface area contributed by atoms with Crippen LogP contribution in [-0.4, -0.2) is 27.5 Å². The largest absolute Gasteiger partial charge is 0.489 e. The Morgan fingerprint density at radius 2 is 2.07 bits per heavy atom. The molecule has 1 aliphatic heterocycles. The Balaban J connectivity index is 1.54. The second-order valence-corrected chi connectivity index (χ2v) is 8.72. The van der Waals surface area contributed by atoms with E-state index in [0.29, 0.717) is 31.0 Å². The molecule has 0 bridgehead atoms. The Kier molecular flexibility index (Phi) is 4.85. The summed E-state index contributed by atoms with van der Waals surface area (Å²) in [6, 6.07) is 11.7. The first kappa shape index (κ1) is 18.6. The Hall–Kier alpha value is -2.80. The number of ether oxygens (including phenoxy) is 1. The van der Waals surface area contributed by atoms with Gasteiger partial charge in [0.1, 0.15) is 12.4 Å². The molecule has 146 valence electrons. The first-order chi connectivity index (χ1) is 13.5. The molecule has 1 heterocycles. The van der Waals surface area contributed by atoms with Crippen molar-refractivity contribution in [3.05, 3.63) is 60.7 Å². The zero-order valence-corrected chi connectivity index (χ0v) is 16.2. The molecule has 28 heavy (non-hydrogen) atoms. The van der Waals surface area contributed by atoms with Crippen molar-refractivity contribution in [2.24, 2.45) is 5.92 Å². The van der Waals surface area contributed by atoms with Crippen molar-refractivity contribution in [3.8, 4) is 5.75 Å². The van der Waals surface area contributed by atoms with Crippen molar-refractivity contribution in [3.63, 3.8) is 0 Å². The molecule has 1 aliphatic carbocycles.